The molecule has 3 N–H and O–H groups in total. The number of rotatable bonds is 8. The van der Waals surface area contributed by atoms with Crippen LogP contribution in [0.5, 0.6) is 0 Å². The predicted octanol–water partition coefficient (Wildman–Crippen LogP) is 2.89. The molecule has 1 saturated heterocycles. The third-order valence-corrected chi connectivity index (χ3v) is 4.81. The Labute approximate surface area is 147 Å². The lowest BCUT2D eigenvalue weighted by molar-refractivity contribution is 0.180. The number of hydrogen-bond acceptors (Lipinski definition) is 2. The molecule has 0 bridgehead atoms. The molecule has 4 heteroatoms. The van der Waals surface area contributed by atoms with E-state index in [0.717, 1.165) is 25.4 Å². The number of benzene rings is 1. The summed E-state index contributed by atoms with van der Waals surface area (Å²) in [6, 6.07) is 10.5. The number of nitrogens with two attached hydrogens (primary N) is 1. The second-order valence-electron chi connectivity index (χ2n) is 7.36. The Hall–Kier alpha value is -1.55. The Bertz CT molecular complexity index is 476. The van der Waals surface area contributed by atoms with Gasteiger partial charge in [0.05, 0.1) is 0 Å². The number of piperidine rings is 1. The third kappa shape index (κ3) is 7.35. The normalized spacial score (nSPS) is 17.4. The Balaban J connectivity index is 1.59. The lowest BCUT2D eigenvalue weighted by atomic mass is 9.96. The largest absolute Gasteiger partial charge is 0.370 e. The standard InChI is InChI=1S/C20H34N4/c1-17(2)9-13-24-14-10-19(11-15-24)16-23-20(21)22-12-8-18-6-4-3-5-7-18/h3-7,17,19H,8-16H2,1-2H3,(H3,21,22,23). The van der Waals surface area contributed by atoms with Gasteiger partial charge in [0.1, 0.15) is 0 Å². The van der Waals surface area contributed by atoms with Gasteiger partial charge in [-0.05, 0) is 62.7 Å². The summed E-state index contributed by atoms with van der Waals surface area (Å²) in [6.45, 7) is 9.98. The topological polar surface area (TPSA) is 53.6 Å². The fourth-order valence-electron chi connectivity index (χ4n) is 3.10. The van der Waals surface area contributed by atoms with Crippen molar-refractivity contribution < 1.29 is 0 Å². The fourth-order valence-corrected chi connectivity index (χ4v) is 3.10. The first-order valence-corrected chi connectivity index (χ1v) is 9.43. The molecule has 0 amide bonds. The van der Waals surface area contributed by atoms with Gasteiger partial charge in [-0.15, -0.1) is 0 Å². The summed E-state index contributed by atoms with van der Waals surface area (Å²) in [7, 11) is 0. The van der Waals surface area contributed by atoms with Crippen molar-refractivity contribution in [3.8, 4) is 0 Å². The van der Waals surface area contributed by atoms with E-state index in [0.29, 0.717) is 11.9 Å². The summed E-state index contributed by atoms with van der Waals surface area (Å²) < 4.78 is 0. The zero-order valence-electron chi connectivity index (χ0n) is 15.4. The van der Waals surface area contributed by atoms with Gasteiger partial charge in [-0.1, -0.05) is 44.2 Å². The van der Waals surface area contributed by atoms with Gasteiger partial charge in [0.15, 0.2) is 5.96 Å². The van der Waals surface area contributed by atoms with Crippen LogP contribution in [0.3, 0.4) is 0 Å². The monoisotopic (exact) mass is 330 g/mol. The Kier molecular flexibility index (Phi) is 8.10. The second kappa shape index (κ2) is 10.3. The molecule has 1 aliphatic heterocycles. The zero-order chi connectivity index (χ0) is 17.2. The van der Waals surface area contributed by atoms with Crippen LogP contribution in [0.4, 0.5) is 0 Å². The maximum absolute atomic E-state index is 5.99. The van der Waals surface area contributed by atoms with Crippen LogP contribution in [0.25, 0.3) is 0 Å². The molecule has 0 atom stereocenters. The van der Waals surface area contributed by atoms with E-state index in [-0.39, 0.29) is 0 Å². The predicted molar refractivity (Wildman–Crippen MR) is 103 cm³/mol. The first kappa shape index (κ1) is 18.8. The molecular formula is C20H34N4. The highest BCUT2D eigenvalue weighted by atomic mass is 15.1. The van der Waals surface area contributed by atoms with Gasteiger partial charge >= 0.3 is 0 Å². The number of nitrogens with zero attached hydrogens (tertiary/aromatic N) is 2. The van der Waals surface area contributed by atoms with Crippen LogP contribution < -0.4 is 11.1 Å². The average Bonchev–Trinajstić information content (AvgIpc) is 2.60. The number of guanidine groups is 1. The first-order valence-electron chi connectivity index (χ1n) is 9.43. The molecule has 2 rings (SSSR count). The number of likely N-dealkylation sites (tertiary alicyclic amines) is 1. The molecule has 1 aliphatic rings. The summed E-state index contributed by atoms with van der Waals surface area (Å²) >= 11 is 0. The minimum absolute atomic E-state index is 0.591. The molecule has 0 aromatic heterocycles. The molecule has 0 aliphatic carbocycles. The van der Waals surface area contributed by atoms with Gasteiger partial charge in [0.25, 0.3) is 0 Å². The zero-order valence-corrected chi connectivity index (χ0v) is 15.4. The highest BCUT2D eigenvalue weighted by Gasteiger charge is 2.18. The van der Waals surface area contributed by atoms with E-state index < -0.39 is 0 Å². The van der Waals surface area contributed by atoms with Crippen LogP contribution in [0.2, 0.25) is 0 Å². The van der Waals surface area contributed by atoms with Crippen molar-refractivity contribution in [2.75, 3.05) is 32.7 Å². The van der Waals surface area contributed by atoms with Gasteiger partial charge in [0, 0.05) is 13.1 Å². The molecule has 4 nitrogen and oxygen atoms in total. The molecule has 1 aromatic rings. The van der Waals surface area contributed by atoms with E-state index >= 15 is 0 Å². The number of hydrogen-bond donors (Lipinski definition) is 2. The van der Waals surface area contributed by atoms with Crippen molar-refractivity contribution in [1.29, 1.82) is 0 Å². The summed E-state index contributed by atoms with van der Waals surface area (Å²) in [5.74, 6) is 2.08. The Morgan fingerprint density at radius 3 is 2.62 bits per heavy atom. The molecule has 1 heterocycles. The lowest BCUT2D eigenvalue weighted by Gasteiger charge is -2.31. The van der Waals surface area contributed by atoms with Crippen molar-refractivity contribution in [1.82, 2.24) is 10.2 Å². The number of nitrogens with one attached hydrogen (secondary N) is 1. The van der Waals surface area contributed by atoms with Crippen LogP contribution >= 0.6 is 0 Å². The van der Waals surface area contributed by atoms with Crippen molar-refractivity contribution in [2.45, 2.75) is 39.5 Å². The smallest absolute Gasteiger partial charge is 0.188 e. The highest BCUT2D eigenvalue weighted by Crippen LogP contribution is 2.18. The van der Waals surface area contributed by atoms with Gasteiger partial charge < -0.3 is 16.0 Å². The van der Waals surface area contributed by atoms with E-state index in [1.165, 1.54) is 44.5 Å². The minimum atomic E-state index is 0.591. The van der Waals surface area contributed by atoms with E-state index in [1.54, 1.807) is 0 Å². The van der Waals surface area contributed by atoms with E-state index in [1.807, 2.05) is 6.07 Å². The van der Waals surface area contributed by atoms with Crippen molar-refractivity contribution in [3.63, 3.8) is 0 Å². The van der Waals surface area contributed by atoms with Crippen molar-refractivity contribution in [2.24, 2.45) is 22.6 Å². The summed E-state index contributed by atoms with van der Waals surface area (Å²) in [5.41, 5.74) is 7.32. The van der Waals surface area contributed by atoms with E-state index in [4.69, 9.17) is 5.73 Å². The molecular weight excluding hydrogens is 296 g/mol. The lowest BCUT2D eigenvalue weighted by Crippen LogP contribution is -2.37. The van der Waals surface area contributed by atoms with Crippen molar-refractivity contribution >= 4 is 5.96 Å². The molecule has 1 fully saturated rings. The van der Waals surface area contributed by atoms with Crippen LogP contribution in [0.1, 0.15) is 38.7 Å². The molecule has 0 spiro atoms. The van der Waals surface area contributed by atoms with E-state index in [9.17, 15) is 0 Å². The van der Waals surface area contributed by atoms with E-state index in [2.05, 4.69) is 53.3 Å². The Morgan fingerprint density at radius 1 is 1.25 bits per heavy atom. The highest BCUT2D eigenvalue weighted by molar-refractivity contribution is 5.77. The fraction of sp³-hybridized carbons (Fsp3) is 0.650. The van der Waals surface area contributed by atoms with Crippen molar-refractivity contribution in [3.05, 3.63) is 35.9 Å². The van der Waals surface area contributed by atoms with Crippen LogP contribution in [-0.4, -0.2) is 43.6 Å². The average molecular weight is 331 g/mol. The summed E-state index contributed by atoms with van der Waals surface area (Å²) in [5, 5.41) is 3.23. The first-order chi connectivity index (χ1) is 11.6. The molecule has 0 radical (unpaired) electrons. The summed E-state index contributed by atoms with van der Waals surface area (Å²) in [6.07, 6.45) is 4.78. The second-order valence-corrected chi connectivity index (χ2v) is 7.36. The molecule has 1 aromatic carbocycles. The maximum atomic E-state index is 5.99. The molecule has 0 saturated carbocycles. The third-order valence-electron chi connectivity index (χ3n) is 4.81. The number of aliphatic imine (C=N–C) groups is 1. The summed E-state index contributed by atoms with van der Waals surface area (Å²) in [4.78, 5) is 7.14. The minimum Gasteiger partial charge on any atom is -0.370 e. The van der Waals surface area contributed by atoms with Gasteiger partial charge in [-0.3, -0.25) is 4.99 Å². The van der Waals surface area contributed by atoms with Crippen LogP contribution in [-0.2, 0) is 6.42 Å². The van der Waals surface area contributed by atoms with Gasteiger partial charge in [0.2, 0.25) is 0 Å². The van der Waals surface area contributed by atoms with Gasteiger partial charge in [-0.2, -0.15) is 0 Å². The Morgan fingerprint density at radius 2 is 1.96 bits per heavy atom. The van der Waals surface area contributed by atoms with Crippen LogP contribution in [0, 0.1) is 11.8 Å². The molecule has 24 heavy (non-hydrogen) atoms. The van der Waals surface area contributed by atoms with Crippen LogP contribution in [0.15, 0.2) is 35.3 Å². The quantitative estimate of drug-likeness (QED) is 0.569. The SMILES string of the molecule is CC(C)CCN1CCC(CN=C(N)NCCc2ccccc2)CC1. The maximum Gasteiger partial charge on any atom is 0.188 e. The van der Waals surface area contributed by atoms with Gasteiger partial charge in [-0.25, -0.2) is 0 Å². The molecule has 134 valence electrons. The molecule has 0 unspecified atom stereocenters.